The fourth-order valence-electron chi connectivity index (χ4n) is 3.58. The average Bonchev–Trinajstić information content (AvgIpc) is 2.70. The van der Waals surface area contributed by atoms with E-state index in [1.54, 1.807) is 12.1 Å². The van der Waals surface area contributed by atoms with E-state index in [-0.39, 0.29) is 5.30 Å². The molecular formula is C24H43O4P. The molecule has 1 rings (SSSR count). The second-order valence-corrected chi connectivity index (χ2v) is 9.79. The summed E-state index contributed by atoms with van der Waals surface area (Å²) < 4.78 is 16.8. The molecule has 0 fully saturated rings. The van der Waals surface area contributed by atoms with E-state index in [0.29, 0.717) is 12.4 Å². The Morgan fingerprint density at radius 1 is 0.655 bits per heavy atom. The van der Waals surface area contributed by atoms with E-state index in [1.165, 1.54) is 108 Å². The van der Waals surface area contributed by atoms with E-state index in [4.69, 9.17) is 14.5 Å². The van der Waals surface area contributed by atoms with Crippen molar-refractivity contribution in [3.8, 4) is 5.75 Å². The van der Waals surface area contributed by atoms with Crippen LogP contribution in [0.4, 0.5) is 0 Å². The Bertz CT molecular complexity index is 538. The zero-order valence-electron chi connectivity index (χ0n) is 18.5. The van der Waals surface area contributed by atoms with Crippen molar-refractivity contribution in [3.05, 3.63) is 24.3 Å². The number of hydrogen-bond donors (Lipinski definition) is 2. The molecule has 0 aliphatic rings. The summed E-state index contributed by atoms with van der Waals surface area (Å²) in [5.74, 6) is 0.670. The van der Waals surface area contributed by atoms with Gasteiger partial charge < -0.3 is 14.5 Å². The minimum Gasteiger partial charge on any atom is -0.494 e. The predicted octanol–water partition coefficient (Wildman–Crippen LogP) is 7.13. The van der Waals surface area contributed by atoms with Gasteiger partial charge in [0, 0.05) is 0 Å². The van der Waals surface area contributed by atoms with E-state index >= 15 is 0 Å². The maximum atomic E-state index is 11.1. The first-order chi connectivity index (χ1) is 14.0. The average molecular weight is 427 g/mol. The number of rotatable bonds is 19. The second kappa shape index (κ2) is 16.9. The molecule has 2 N–H and O–H groups in total. The SMILES string of the molecule is CCCCCCCCCCCCCCCCCCOc1ccc(P(=O)(O)O)cc1. The van der Waals surface area contributed by atoms with Crippen molar-refractivity contribution >= 4 is 12.9 Å². The number of ether oxygens (including phenoxy) is 1. The first-order valence-corrected chi connectivity index (χ1v) is 13.4. The largest absolute Gasteiger partial charge is 0.494 e. The van der Waals surface area contributed by atoms with Gasteiger partial charge in [0.05, 0.1) is 11.9 Å². The standard InChI is InChI=1S/C24H43O4P/c1-2-3-4-5-6-7-8-9-10-11-12-13-14-15-16-17-22-28-23-18-20-24(21-19-23)29(25,26)27/h18-21H,2-17,22H2,1H3,(H2,25,26,27). The number of benzene rings is 1. The van der Waals surface area contributed by atoms with Crippen LogP contribution in [0.15, 0.2) is 24.3 Å². The first kappa shape index (κ1) is 26.2. The molecule has 0 spiro atoms. The van der Waals surface area contributed by atoms with Crippen LogP contribution in [0.3, 0.4) is 0 Å². The van der Waals surface area contributed by atoms with Crippen LogP contribution in [0.5, 0.6) is 5.75 Å². The molecule has 0 saturated heterocycles. The lowest BCUT2D eigenvalue weighted by Gasteiger charge is -2.08. The molecule has 0 radical (unpaired) electrons. The topological polar surface area (TPSA) is 66.8 Å². The van der Waals surface area contributed by atoms with Gasteiger partial charge in [0.25, 0.3) is 0 Å². The zero-order chi connectivity index (χ0) is 21.2. The molecule has 4 nitrogen and oxygen atoms in total. The van der Waals surface area contributed by atoms with Gasteiger partial charge in [-0.3, -0.25) is 4.57 Å². The van der Waals surface area contributed by atoms with Crippen LogP contribution >= 0.6 is 7.60 Å². The van der Waals surface area contributed by atoms with Crippen molar-refractivity contribution in [2.24, 2.45) is 0 Å². The smallest absolute Gasteiger partial charge is 0.356 e. The van der Waals surface area contributed by atoms with Crippen molar-refractivity contribution in [1.82, 2.24) is 0 Å². The molecule has 0 aromatic heterocycles. The number of unbranched alkanes of at least 4 members (excludes halogenated alkanes) is 15. The van der Waals surface area contributed by atoms with E-state index in [0.717, 1.165) is 6.42 Å². The Hall–Kier alpha value is -0.830. The summed E-state index contributed by atoms with van der Waals surface area (Å²) in [7, 11) is -4.16. The lowest BCUT2D eigenvalue weighted by molar-refractivity contribution is 0.304. The summed E-state index contributed by atoms with van der Waals surface area (Å²) >= 11 is 0. The molecule has 0 heterocycles. The third kappa shape index (κ3) is 14.7. The Balaban J connectivity index is 1.83. The summed E-state index contributed by atoms with van der Waals surface area (Å²) in [6.45, 7) is 2.93. The van der Waals surface area contributed by atoms with Crippen LogP contribution in [0.2, 0.25) is 0 Å². The molecule has 0 bridgehead atoms. The summed E-state index contributed by atoms with van der Waals surface area (Å²) in [6.07, 6.45) is 21.6. The van der Waals surface area contributed by atoms with E-state index < -0.39 is 7.60 Å². The molecule has 1 aromatic rings. The normalized spacial score (nSPS) is 11.7. The van der Waals surface area contributed by atoms with Crippen LogP contribution < -0.4 is 10.0 Å². The van der Waals surface area contributed by atoms with E-state index in [1.807, 2.05) is 0 Å². The van der Waals surface area contributed by atoms with Gasteiger partial charge in [-0.1, -0.05) is 103 Å². The highest BCUT2D eigenvalue weighted by Crippen LogP contribution is 2.33. The summed E-state index contributed by atoms with van der Waals surface area (Å²) in [5, 5.41) is 0.0345. The van der Waals surface area contributed by atoms with Crippen molar-refractivity contribution in [2.75, 3.05) is 6.61 Å². The fraction of sp³-hybridized carbons (Fsp3) is 0.750. The van der Waals surface area contributed by atoms with Crippen molar-refractivity contribution < 1.29 is 19.1 Å². The molecule has 0 amide bonds. The summed E-state index contributed by atoms with van der Waals surface area (Å²) in [5.41, 5.74) is 0. The quantitative estimate of drug-likeness (QED) is 0.182. The third-order valence-electron chi connectivity index (χ3n) is 5.44. The third-order valence-corrected chi connectivity index (χ3v) is 6.41. The lowest BCUT2D eigenvalue weighted by atomic mass is 10.0. The summed E-state index contributed by atoms with van der Waals surface area (Å²) in [4.78, 5) is 18.2. The highest BCUT2D eigenvalue weighted by atomic mass is 31.2. The van der Waals surface area contributed by atoms with Gasteiger partial charge in [0.15, 0.2) is 0 Å². The van der Waals surface area contributed by atoms with Gasteiger partial charge in [-0.2, -0.15) is 0 Å². The number of hydrogen-bond acceptors (Lipinski definition) is 2. The van der Waals surface area contributed by atoms with Crippen molar-refractivity contribution in [3.63, 3.8) is 0 Å². The maximum Gasteiger partial charge on any atom is 0.356 e. The van der Waals surface area contributed by atoms with Gasteiger partial charge in [0.1, 0.15) is 5.75 Å². The zero-order valence-corrected chi connectivity index (χ0v) is 19.4. The minimum absolute atomic E-state index is 0.0345. The van der Waals surface area contributed by atoms with Gasteiger partial charge in [0.2, 0.25) is 0 Å². The van der Waals surface area contributed by atoms with Gasteiger partial charge in [-0.05, 0) is 30.7 Å². The molecule has 0 aliphatic heterocycles. The predicted molar refractivity (Wildman–Crippen MR) is 123 cm³/mol. The maximum absolute atomic E-state index is 11.1. The molecule has 29 heavy (non-hydrogen) atoms. The van der Waals surface area contributed by atoms with Crippen LogP contribution in [0.1, 0.15) is 110 Å². The summed E-state index contributed by atoms with van der Waals surface area (Å²) in [6, 6.07) is 6.12. The fourth-order valence-corrected chi connectivity index (χ4v) is 4.11. The Morgan fingerprint density at radius 2 is 1.03 bits per heavy atom. The Labute approximate surface area is 178 Å². The second-order valence-electron chi connectivity index (χ2n) is 8.19. The monoisotopic (exact) mass is 426 g/mol. The molecule has 0 saturated carbocycles. The lowest BCUT2D eigenvalue weighted by Crippen LogP contribution is -2.04. The molecule has 0 atom stereocenters. The molecular weight excluding hydrogens is 383 g/mol. The highest BCUT2D eigenvalue weighted by Gasteiger charge is 2.16. The molecule has 168 valence electrons. The van der Waals surface area contributed by atoms with Gasteiger partial charge >= 0.3 is 7.60 Å². The molecule has 0 unspecified atom stereocenters. The Kier molecular flexibility index (Phi) is 15.3. The van der Waals surface area contributed by atoms with Crippen molar-refractivity contribution in [1.29, 1.82) is 0 Å². The van der Waals surface area contributed by atoms with E-state index in [2.05, 4.69) is 6.92 Å². The molecule has 0 aliphatic carbocycles. The minimum atomic E-state index is -4.16. The van der Waals surface area contributed by atoms with Gasteiger partial charge in [-0.25, -0.2) is 0 Å². The highest BCUT2D eigenvalue weighted by molar-refractivity contribution is 7.60. The van der Waals surface area contributed by atoms with Gasteiger partial charge in [-0.15, -0.1) is 0 Å². The van der Waals surface area contributed by atoms with E-state index in [9.17, 15) is 4.57 Å². The van der Waals surface area contributed by atoms with Crippen LogP contribution in [0.25, 0.3) is 0 Å². The van der Waals surface area contributed by atoms with Crippen molar-refractivity contribution in [2.45, 2.75) is 110 Å². The van der Waals surface area contributed by atoms with Crippen LogP contribution in [-0.2, 0) is 4.57 Å². The molecule has 5 heteroatoms. The van der Waals surface area contributed by atoms with Crippen LogP contribution in [0, 0.1) is 0 Å². The van der Waals surface area contributed by atoms with Crippen LogP contribution in [-0.4, -0.2) is 16.4 Å². The Morgan fingerprint density at radius 3 is 1.41 bits per heavy atom. The first-order valence-electron chi connectivity index (χ1n) is 11.8. The molecule has 1 aromatic carbocycles.